The van der Waals surface area contributed by atoms with Gasteiger partial charge < -0.3 is 20.2 Å². The van der Waals surface area contributed by atoms with Crippen molar-refractivity contribution in [3.05, 3.63) is 12.2 Å². The minimum atomic E-state index is -4.69. The third-order valence-corrected chi connectivity index (χ3v) is 6.48. The molecule has 0 aliphatic heterocycles. The summed E-state index contributed by atoms with van der Waals surface area (Å²) in [6, 6.07) is -0.899. The summed E-state index contributed by atoms with van der Waals surface area (Å²) >= 11 is 0. The molecule has 4 N–H and O–H groups in total. The van der Waals surface area contributed by atoms with Gasteiger partial charge in [-0.2, -0.15) is 0 Å². The summed E-state index contributed by atoms with van der Waals surface area (Å²) in [4.78, 5) is 30.3. The highest BCUT2D eigenvalue weighted by Gasteiger charge is 2.24. The van der Waals surface area contributed by atoms with Crippen molar-refractivity contribution in [3.63, 3.8) is 0 Å². The van der Waals surface area contributed by atoms with Crippen molar-refractivity contribution in [2.75, 3.05) is 6.61 Å². The molecule has 0 spiro atoms. The quantitative estimate of drug-likeness (QED) is 0.0671. The largest absolute Gasteiger partial charge is 0.469 e. The highest BCUT2D eigenvalue weighted by molar-refractivity contribution is 7.46. The number of hydrogen-bond acceptors (Lipinski definition) is 4. The number of amides is 1. The summed E-state index contributed by atoms with van der Waals surface area (Å²) in [5.74, 6) is -0.234. The maximum absolute atomic E-state index is 12.3. The Kier molecular flexibility index (Phi) is 22.2. The lowest BCUT2D eigenvalue weighted by atomic mass is 10.1. The van der Waals surface area contributed by atoms with Crippen LogP contribution in [0.2, 0.25) is 0 Å². The fourth-order valence-corrected chi connectivity index (χ4v) is 4.22. The van der Waals surface area contributed by atoms with Crippen molar-refractivity contribution in [1.29, 1.82) is 0 Å². The third-order valence-electron chi connectivity index (χ3n) is 6.00. The van der Waals surface area contributed by atoms with E-state index < -0.39 is 26.6 Å². The Hall–Kier alpha value is -0.720. The number of phosphoric acid groups is 1. The molecule has 0 rings (SSSR count). The molecule has 0 radical (unpaired) electrons. The zero-order valence-electron chi connectivity index (χ0n) is 21.8. The first-order chi connectivity index (χ1) is 16.3. The monoisotopic (exact) mass is 505 g/mol. The van der Waals surface area contributed by atoms with E-state index in [0.29, 0.717) is 6.42 Å². The van der Waals surface area contributed by atoms with Crippen molar-refractivity contribution < 1.29 is 28.8 Å². The number of phosphoric ester groups is 1. The minimum absolute atomic E-state index is 0.234. The number of aliphatic hydroxyl groups excluding tert-OH is 1. The van der Waals surface area contributed by atoms with Crippen LogP contribution in [0.4, 0.5) is 0 Å². The molecule has 0 aliphatic rings. The van der Waals surface area contributed by atoms with Crippen LogP contribution < -0.4 is 5.32 Å². The van der Waals surface area contributed by atoms with Gasteiger partial charge in [-0.25, -0.2) is 4.57 Å². The van der Waals surface area contributed by atoms with Crippen molar-refractivity contribution in [3.8, 4) is 0 Å². The fourth-order valence-electron chi connectivity index (χ4n) is 3.87. The molecule has 0 heterocycles. The number of carbonyl (C=O) groups excluding carboxylic acids is 1. The van der Waals surface area contributed by atoms with Gasteiger partial charge in [-0.05, 0) is 19.3 Å². The molecule has 0 aliphatic carbocycles. The summed E-state index contributed by atoms with van der Waals surface area (Å²) in [6.07, 6.45) is 22.4. The lowest BCUT2D eigenvalue weighted by Crippen LogP contribution is -2.45. The number of rotatable bonds is 24. The molecule has 2 atom stereocenters. The van der Waals surface area contributed by atoms with Gasteiger partial charge in [0.25, 0.3) is 0 Å². The van der Waals surface area contributed by atoms with E-state index in [9.17, 15) is 14.5 Å². The number of nitrogens with one attached hydrogen (secondary N) is 1. The number of hydrogen-bond donors (Lipinski definition) is 4. The van der Waals surface area contributed by atoms with E-state index in [2.05, 4.69) is 23.7 Å². The molecule has 0 aromatic carbocycles. The van der Waals surface area contributed by atoms with Gasteiger partial charge in [0.15, 0.2) is 0 Å². The summed E-state index contributed by atoms with van der Waals surface area (Å²) in [6.45, 7) is 3.96. The van der Waals surface area contributed by atoms with E-state index >= 15 is 0 Å². The van der Waals surface area contributed by atoms with E-state index in [0.717, 1.165) is 38.5 Å². The van der Waals surface area contributed by atoms with Crippen molar-refractivity contribution >= 4 is 13.7 Å². The van der Waals surface area contributed by atoms with Gasteiger partial charge in [0, 0.05) is 6.42 Å². The second kappa shape index (κ2) is 22.7. The zero-order chi connectivity index (χ0) is 25.5. The van der Waals surface area contributed by atoms with Gasteiger partial charge in [0.05, 0.1) is 18.8 Å². The molecule has 0 unspecified atom stereocenters. The fraction of sp³-hybridized carbons (Fsp3) is 0.885. The molecule has 0 aromatic heterocycles. The molecule has 1 amide bonds. The van der Waals surface area contributed by atoms with Crippen LogP contribution in [0.15, 0.2) is 12.2 Å². The number of unbranched alkanes of at least 4 members (excludes halogenated alkanes) is 15. The standard InChI is InChI=1S/C26H52NO6P/c1-3-5-7-9-11-13-15-17-19-21-25(28)24(23-33-34(30,31)32)27-26(29)22-20-18-16-14-12-10-8-6-4-2/h19,21,24-25,28H,3-18,20,22-23H2,1-2H3,(H,27,29)(H2,30,31,32)/b21-19+/t24-,25+/m0/s1. The molecule has 0 fully saturated rings. The van der Waals surface area contributed by atoms with Crippen molar-refractivity contribution in [1.82, 2.24) is 5.32 Å². The predicted octanol–water partition coefficient (Wildman–Crippen LogP) is 6.56. The Bertz CT molecular complexity index is 551. The first-order valence-corrected chi connectivity index (χ1v) is 15.2. The molecule has 0 bridgehead atoms. The molecule has 7 nitrogen and oxygen atoms in total. The second-order valence-corrected chi connectivity index (χ2v) is 10.6. The van der Waals surface area contributed by atoms with Crippen LogP contribution in [0, 0.1) is 0 Å². The molecule has 0 aromatic rings. The van der Waals surface area contributed by atoms with E-state index in [1.165, 1.54) is 70.6 Å². The van der Waals surface area contributed by atoms with Crippen LogP contribution in [0.25, 0.3) is 0 Å². The third kappa shape index (κ3) is 23.0. The summed E-state index contributed by atoms with van der Waals surface area (Å²) in [5.41, 5.74) is 0. The Balaban J connectivity index is 4.25. The smallest absolute Gasteiger partial charge is 0.387 e. The van der Waals surface area contributed by atoms with Gasteiger partial charge in [-0.3, -0.25) is 9.32 Å². The Morgan fingerprint density at radius 1 is 0.824 bits per heavy atom. The highest BCUT2D eigenvalue weighted by Crippen LogP contribution is 2.35. The summed E-state index contributed by atoms with van der Waals surface area (Å²) < 4.78 is 15.6. The number of carbonyl (C=O) groups is 1. The van der Waals surface area contributed by atoms with Gasteiger partial charge >= 0.3 is 7.82 Å². The predicted molar refractivity (Wildman–Crippen MR) is 140 cm³/mol. The summed E-state index contributed by atoms with van der Waals surface area (Å²) in [5, 5.41) is 13.1. The SMILES string of the molecule is CCCCCCCCC/C=C/[C@@H](O)[C@H](COP(=O)(O)O)NC(=O)CCCCCCCCCCC. The summed E-state index contributed by atoms with van der Waals surface area (Å²) in [7, 11) is -4.69. The average Bonchev–Trinajstić information content (AvgIpc) is 2.78. The van der Waals surface area contributed by atoms with Crippen LogP contribution in [0.3, 0.4) is 0 Å². The zero-order valence-corrected chi connectivity index (χ0v) is 22.7. The lowest BCUT2D eigenvalue weighted by Gasteiger charge is -2.22. The van der Waals surface area contributed by atoms with Gasteiger partial charge in [0.2, 0.25) is 5.91 Å². The Morgan fingerprint density at radius 3 is 1.79 bits per heavy atom. The Morgan fingerprint density at radius 2 is 1.29 bits per heavy atom. The minimum Gasteiger partial charge on any atom is -0.387 e. The van der Waals surface area contributed by atoms with Gasteiger partial charge in [0.1, 0.15) is 0 Å². The van der Waals surface area contributed by atoms with Crippen LogP contribution in [-0.2, 0) is 13.9 Å². The van der Waals surface area contributed by atoms with Crippen LogP contribution in [0.5, 0.6) is 0 Å². The molecular formula is C26H52NO6P. The second-order valence-electron chi connectivity index (χ2n) is 9.37. The highest BCUT2D eigenvalue weighted by atomic mass is 31.2. The van der Waals surface area contributed by atoms with E-state index in [1.54, 1.807) is 6.08 Å². The molecular weight excluding hydrogens is 453 g/mol. The Labute approximate surface area is 208 Å². The maximum Gasteiger partial charge on any atom is 0.469 e. The van der Waals surface area contributed by atoms with E-state index in [-0.39, 0.29) is 5.91 Å². The number of aliphatic hydroxyl groups is 1. The molecule has 34 heavy (non-hydrogen) atoms. The average molecular weight is 506 g/mol. The van der Waals surface area contributed by atoms with E-state index in [4.69, 9.17) is 9.79 Å². The van der Waals surface area contributed by atoms with Gasteiger partial charge in [-0.15, -0.1) is 0 Å². The van der Waals surface area contributed by atoms with E-state index in [1.807, 2.05) is 6.08 Å². The molecule has 0 saturated carbocycles. The van der Waals surface area contributed by atoms with Crippen LogP contribution in [0.1, 0.15) is 129 Å². The first-order valence-electron chi connectivity index (χ1n) is 13.6. The van der Waals surface area contributed by atoms with Crippen LogP contribution >= 0.6 is 7.82 Å². The molecule has 8 heteroatoms. The topological polar surface area (TPSA) is 116 Å². The van der Waals surface area contributed by atoms with Crippen molar-refractivity contribution in [2.24, 2.45) is 0 Å². The molecule has 0 saturated heterocycles. The maximum atomic E-state index is 12.3. The lowest BCUT2D eigenvalue weighted by molar-refractivity contribution is -0.123. The van der Waals surface area contributed by atoms with Crippen molar-refractivity contribution in [2.45, 2.75) is 142 Å². The normalized spacial score (nSPS) is 13.9. The molecule has 202 valence electrons. The van der Waals surface area contributed by atoms with Gasteiger partial charge in [-0.1, -0.05) is 116 Å². The van der Waals surface area contributed by atoms with Crippen LogP contribution in [-0.4, -0.2) is 39.6 Å². The number of allylic oxidation sites excluding steroid dienone is 1. The first kappa shape index (κ1) is 33.3.